The van der Waals surface area contributed by atoms with Crippen molar-refractivity contribution in [3.63, 3.8) is 0 Å². The molecule has 1 unspecified atom stereocenters. The van der Waals surface area contributed by atoms with Crippen LogP contribution in [-0.4, -0.2) is 14.2 Å². The highest BCUT2D eigenvalue weighted by molar-refractivity contribution is 5.37. The van der Waals surface area contributed by atoms with E-state index in [2.05, 4.69) is 5.48 Å². The highest BCUT2D eigenvalue weighted by Crippen LogP contribution is 2.24. The van der Waals surface area contributed by atoms with Gasteiger partial charge in [0.25, 0.3) is 0 Å². The molecule has 0 aromatic heterocycles. The van der Waals surface area contributed by atoms with Gasteiger partial charge in [-0.2, -0.15) is 5.48 Å². The monoisotopic (exact) mass is 213 g/mol. The summed E-state index contributed by atoms with van der Waals surface area (Å²) < 4.78 is 18.2. The van der Waals surface area contributed by atoms with Gasteiger partial charge in [-0.3, -0.25) is 0 Å². The number of halogens is 1. The Bertz CT molecular complexity index is 315. The Hall–Kier alpha value is -1.13. The summed E-state index contributed by atoms with van der Waals surface area (Å²) in [5.41, 5.74) is 4.22. The minimum absolute atomic E-state index is 0.486. The molecule has 84 valence electrons. The maximum Gasteiger partial charge on any atom is 0.123 e. The molecule has 0 bridgehead atoms. The topological polar surface area (TPSA) is 30.5 Å². The lowest BCUT2D eigenvalue weighted by molar-refractivity contribution is 0.0861. The van der Waals surface area contributed by atoms with Crippen molar-refractivity contribution in [2.45, 2.75) is 19.6 Å². The Morgan fingerprint density at radius 2 is 2.13 bits per heavy atom. The molecule has 0 aliphatic heterocycles. The summed E-state index contributed by atoms with van der Waals surface area (Å²) in [4.78, 5) is 4.75. The van der Waals surface area contributed by atoms with E-state index < -0.39 is 6.17 Å². The second-order valence-corrected chi connectivity index (χ2v) is 3.21. The highest BCUT2D eigenvalue weighted by Gasteiger charge is 2.08. The van der Waals surface area contributed by atoms with Gasteiger partial charge in [0.05, 0.1) is 14.2 Å². The fraction of sp³-hybridized carbons (Fsp3) is 0.455. The number of hydrogen-bond acceptors (Lipinski definition) is 3. The molecule has 1 atom stereocenters. The van der Waals surface area contributed by atoms with Crippen LogP contribution in [0.25, 0.3) is 0 Å². The van der Waals surface area contributed by atoms with E-state index in [0.29, 0.717) is 12.1 Å². The van der Waals surface area contributed by atoms with Crippen LogP contribution < -0.4 is 10.2 Å². The third kappa shape index (κ3) is 3.18. The lowest BCUT2D eigenvalue weighted by atomic mass is 10.1. The average Bonchev–Trinajstić information content (AvgIpc) is 2.25. The number of nitrogens with one attached hydrogen (secondary N) is 1. The summed E-state index contributed by atoms with van der Waals surface area (Å²) >= 11 is 0. The van der Waals surface area contributed by atoms with Gasteiger partial charge in [0.1, 0.15) is 11.9 Å². The van der Waals surface area contributed by atoms with E-state index in [0.717, 1.165) is 11.3 Å². The minimum atomic E-state index is -0.975. The molecule has 1 rings (SSSR count). The van der Waals surface area contributed by atoms with Gasteiger partial charge in [-0.15, -0.1) is 0 Å². The summed E-state index contributed by atoms with van der Waals surface area (Å²) in [5, 5.41) is 0. The van der Waals surface area contributed by atoms with E-state index in [9.17, 15) is 4.39 Å². The second kappa shape index (κ2) is 5.68. The van der Waals surface area contributed by atoms with Gasteiger partial charge in [-0.25, -0.2) is 4.39 Å². The Kier molecular flexibility index (Phi) is 4.52. The van der Waals surface area contributed by atoms with Crippen LogP contribution in [-0.2, 0) is 11.4 Å². The smallest absolute Gasteiger partial charge is 0.123 e. The Morgan fingerprint density at radius 1 is 1.40 bits per heavy atom. The molecular weight excluding hydrogens is 197 g/mol. The molecule has 4 heteroatoms. The van der Waals surface area contributed by atoms with Crippen LogP contribution in [0.2, 0.25) is 0 Å². The number of rotatable bonds is 5. The third-order valence-electron chi connectivity index (χ3n) is 2.17. The van der Waals surface area contributed by atoms with Crippen LogP contribution in [0.15, 0.2) is 18.2 Å². The summed E-state index contributed by atoms with van der Waals surface area (Å²) in [6.07, 6.45) is -0.975. The van der Waals surface area contributed by atoms with Gasteiger partial charge < -0.3 is 9.57 Å². The molecule has 0 saturated heterocycles. The first kappa shape index (κ1) is 11.9. The molecule has 3 nitrogen and oxygen atoms in total. The predicted octanol–water partition coefficient (Wildman–Crippen LogP) is 2.38. The zero-order valence-corrected chi connectivity index (χ0v) is 9.21. The standard InChI is InChI=1S/C11H16FNO2/c1-8(12)9-4-5-11(14-2)10(6-9)7-13-15-3/h4-6,8,13H,7H2,1-3H3. The Labute approximate surface area is 89.2 Å². The van der Waals surface area contributed by atoms with Gasteiger partial charge in [0.15, 0.2) is 0 Å². The van der Waals surface area contributed by atoms with Crippen LogP contribution in [0.1, 0.15) is 24.2 Å². The van der Waals surface area contributed by atoms with Crippen LogP contribution in [0.3, 0.4) is 0 Å². The van der Waals surface area contributed by atoms with Crippen molar-refractivity contribution in [2.75, 3.05) is 14.2 Å². The van der Waals surface area contributed by atoms with Gasteiger partial charge in [-0.05, 0) is 24.6 Å². The Morgan fingerprint density at radius 3 is 2.67 bits per heavy atom. The molecule has 0 aliphatic rings. The van der Waals surface area contributed by atoms with Crippen LogP contribution in [0.5, 0.6) is 5.75 Å². The number of benzene rings is 1. The number of hydrogen-bond donors (Lipinski definition) is 1. The summed E-state index contributed by atoms with van der Waals surface area (Å²) in [6.45, 7) is 2.00. The number of alkyl halides is 1. The summed E-state index contributed by atoms with van der Waals surface area (Å²) in [5.74, 6) is 0.726. The third-order valence-corrected chi connectivity index (χ3v) is 2.17. The van der Waals surface area contributed by atoms with Gasteiger partial charge in [0.2, 0.25) is 0 Å². The molecule has 1 aromatic carbocycles. The van der Waals surface area contributed by atoms with Gasteiger partial charge >= 0.3 is 0 Å². The zero-order chi connectivity index (χ0) is 11.3. The SMILES string of the molecule is CONCc1cc(C(C)F)ccc1OC. The molecule has 0 amide bonds. The van der Waals surface area contributed by atoms with E-state index in [-0.39, 0.29) is 0 Å². The van der Waals surface area contributed by atoms with Gasteiger partial charge in [-0.1, -0.05) is 6.07 Å². The normalized spacial score (nSPS) is 12.5. The first-order valence-corrected chi connectivity index (χ1v) is 4.75. The first-order valence-electron chi connectivity index (χ1n) is 4.75. The molecule has 1 N–H and O–H groups in total. The number of ether oxygens (including phenoxy) is 1. The van der Waals surface area contributed by atoms with E-state index in [1.165, 1.54) is 14.0 Å². The summed E-state index contributed by atoms with van der Waals surface area (Å²) in [6, 6.07) is 5.26. The van der Waals surface area contributed by atoms with Crippen molar-refractivity contribution < 1.29 is 14.0 Å². The molecule has 0 spiro atoms. The Balaban J connectivity index is 2.91. The zero-order valence-electron chi connectivity index (χ0n) is 9.21. The van der Waals surface area contributed by atoms with Crippen LogP contribution >= 0.6 is 0 Å². The van der Waals surface area contributed by atoms with E-state index in [1.54, 1.807) is 25.3 Å². The molecule has 0 fully saturated rings. The lowest BCUT2D eigenvalue weighted by Gasteiger charge is -2.11. The van der Waals surface area contributed by atoms with Crippen molar-refractivity contribution in [1.82, 2.24) is 5.48 Å². The molecule has 0 saturated carbocycles. The minimum Gasteiger partial charge on any atom is -0.496 e. The van der Waals surface area contributed by atoms with Crippen molar-refractivity contribution in [2.24, 2.45) is 0 Å². The lowest BCUT2D eigenvalue weighted by Crippen LogP contribution is -2.12. The molecule has 15 heavy (non-hydrogen) atoms. The van der Waals surface area contributed by atoms with Gasteiger partial charge in [0, 0.05) is 12.1 Å². The highest BCUT2D eigenvalue weighted by atomic mass is 19.1. The quantitative estimate of drug-likeness (QED) is 0.762. The number of hydroxylamine groups is 1. The fourth-order valence-electron chi connectivity index (χ4n) is 1.33. The summed E-state index contributed by atoms with van der Waals surface area (Å²) in [7, 11) is 3.12. The number of methoxy groups -OCH3 is 1. The average molecular weight is 213 g/mol. The largest absolute Gasteiger partial charge is 0.496 e. The molecular formula is C11H16FNO2. The van der Waals surface area contributed by atoms with Crippen molar-refractivity contribution in [1.29, 1.82) is 0 Å². The van der Waals surface area contributed by atoms with E-state index in [4.69, 9.17) is 9.57 Å². The molecule has 1 aromatic rings. The maximum absolute atomic E-state index is 13.1. The van der Waals surface area contributed by atoms with Crippen molar-refractivity contribution in [3.05, 3.63) is 29.3 Å². The van der Waals surface area contributed by atoms with Crippen LogP contribution in [0.4, 0.5) is 4.39 Å². The molecule has 0 radical (unpaired) electrons. The molecule has 0 aliphatic carbocycles. The van der Waals surface area contributed by atoms with Crippen molar-refractivity contribution in [3.8, 4) is 5.75 Å². The fourth-order valence-corrected chi connectivity index (χ4v) is 1.33. The van der Waals surface area contributed by atoms with Crippen molar-refractivity contribution >= 4 is 0 Å². The second-order valence-electron chi connectivity index (χ2n) is 3.21. The molecule has 0 heterocycles. The van der Waals surface area contributed by atoms with E-state index >= 15 is 0 Å². The first-order chi connectivity index (χ1) is 7.19. The van der Waals surface area contributed by atoms with Crippen LogP contribution in [0, 0.1) is 0 Å². The predicted molar refractivity (Wildman–Crippen MR) is 56.4 cm³/mol. The maximum atomic E-state index is 13.1. The van der Waals surface area contributed by atoms with E-state index in [1.807, 2.05) is 0 Å².